The van der Waals surface area contributed by atoms with E-state index >= 15 is 0 Å². The van der Waals surface area contributed by atoms with Crippen molar-refractivity contribution < 1.29 is 28.8 Å². The van der Waals surface area contributed by atoms with E-state index in [0.29, 0.717) is 26.4 Å². The van der Waals surface area contributed by atoms with E-state index in [2.05, 4.69) is 0 Å². The fraction of sp³-hybridized carbons (Fsp3) is 0.242. The van der Waals surface area contributed by atoms with Crippen molar-refractivity contribution >= 4 is 5.97 Å². The van der Waals surface area contributed by atoms with Crippen molar-refractivity contribution in [1.82, 2.24) is 0 Å². The molecule has 0 aliphatic carbocycles. The standard InChI is InChI=1S/C33H32O6/c34-33(35)28-18-16-27(17-19-28)30-32(38-22-26-14-8-3-9-15-26)31(37-21-25-12-6-2-7-13-25)29(39-30)23-36-20-24-10-4-1-5-11-24/h1-19,29-32H,20-23H2,(H,34,35)/t29-,30+,31-,32+/m1/s1. The van der Waals surface area contributed by atoms with Crippen molar-refractivity contribution in [3.05, 3.63) is 143 Å². The molecule has 0 unspecified atom stereocenters. The first-order valence-corrected chi connectivity index (χ1v) is 13.1. The molecule has 5 rings (SSSR count). The van der Waals surface area contributed by atoms with Gasteiger partial charge in [0, 0.05) is 0 Å². The second-order valence-electron chi connectivity index (χ2n) is 9.55. The zero-order valence-electron chi connectivity index (χ0n) is 21.6. The fourth-order valence-corrected chi connectivity index (χ4v) is 4.73. The van der Waals surface area contributed by atoms with E-state index in [1.165, 1.54) is 0 Å². The predicted octanol–water partition coefficient (Wildman–Crippen LogP) is 6.21. The fourth-order valence-electron chi connectivity index (χ4n) is 4.73. The van der Waals surface area contributed by atoms with Crippen LogP contribution < -0.4 is 0 Å². The van der Waals surface area contributed by atoms with Crippen LogP contribution in [0.3, 0.4) is 0 Å². The summed E-state index contributed by atoms with van der Waals surface area (Å²) in [5.74, 6) is -0.970. The largest absolute Gasteiger partial charge is 0.478 e. The zero-order chi connectivity index (χ0) is 26.9. The van der Waals surface area contributed by atoms with Crippen molar-refractivity contribution in [3.63, 3.8) is 0 Å². The number of hydrogen-bond acceptors (Lipinski definition) is 5. The molecular formula is C33H32O6. The average Bonchev–Trinajstić information content (AvgIpc) is 3.33. The van der Waals surface area contributed by atoms with E-state index in [4.69, 9.17) is 18.9 Å². The number of ether oxygens (including phenoxy) is 4. The molecule has 1 aliphatic rings. The first-order valence-electron chi connectivity index (χ1n) is 13.1. The molecule has 1 heterocycles. The van der Waals surface area contributed by atoms with Gasteiger partial charge in [-0.25, -0.2) is 4.79 Å². The second-order valence-corrected chi connectivity index (χ2v) is 9.55. The first kappa shape index (κ1) is 26.8. The lowest BCUT2D eigenvalue weighted by molar-refractivity contribution is -0.0898. The van der Waals surface area contributed by atoms with E-state index in [0.717, 1.165) is 22.3 Å². The van der Waals surface area contributed by atoms with Crippen LogP contribution in [-0.4, -0.2) is 36.0 Å². The Bertz CT molecular complexity index is 1290. The monoisotopic (exact) mass is 524 g/mol. The quantitative estimate of drug-likeness (QED) is 0.237. The molecule has 4 atom stereocenters. The molecule has 0 aromatic heterocycles. The molecular weight excluding hydrogens is 492 g/mol. The Hall–Kier alpha value is -3.81. The Morgan fingerprint density at radius 2 is 1.13 bits per heavy atom. The van der Waals surface area contributed by atoms with Crippen molar-refractivity contribution in [2.45, 2.75) is 44.2 Å². The van der Waals surface area contributed by atoms with Crippen LogP contribution >= 0.6 is 0 Å². The Morgan fingerprint density at radius 1 is 0.641 bits per heavy atom. The Kier molecular flexibility index (Phi) is 9.14. The van der Waals surface area contributed by atoms with E-state index in [9.17, 15) is 9.90 Å². The van der Waals surface area contributed by atoms with Gasteiger partial charge in [0.25, 0.3) is 0 Å². The van der Waals surface area contributed by atoms with Crippen LogP contribution in [0.15, 0.2) is 115 Å². The first-order chi connectivity index (χ1) is 19.2. The van der Waals surface area contributed by atoms with E-state index in [1.807, 2.05) is 91.0 Å². The summed E-state index contributed by atoms with van der Waals surface area (Å²) in [6.07, 6.45) is -1.69. The molecule has 4 aromatic carbocycles. The van der Waals surface area contributed by atoms with Gasteiger partial charge in [0.2, 0.25) is 0 Å². The van der Waals surface area contributed by atoms with E-state index in [1.54, 1.807) is 24.3 Å². The normalized spacial score (nSPS) is 20.6. The Balaban J connectivity index is 1.39. The van der Waals surface area contributed by atoms with Crippen LogP contribution in [0.5, 0.6) is 0 Å². The molecule has 1 saturated heterocycles. The van der Waals surface area contributed by atoms with Gasteiger partial charge in [0.15, 0.2) is 0 Å². The molecule has 200 valence electrons. The summed E-state index contributed by atoms with van der Waals surface area (Å²) in [5.41, 5.74) is 4.23. The summed E-state index contributed by atoms with van der Waals surface area (Å²) < 4.78 is 25.7. The van der Waals surface area contributed by atoms with Gasteiger partial charge in [0.05, 0.1) is 32.0 Å². The third-order valence-corrected chi connectivity index (χ3v) is 6.76. The summed E-state index contributed by atoms with van der Waals surface area (Å²) in [4.78, 5) is 11.4. The van der Waals surface area contributed by atoms with Crippen LogP contribution in [-0.2, 0) is 38.8 Å². The molecule has 6 heteroatoms. The molecule has 0 bridgehead atoms. The highest BCUT2D eigenvalue weighted by Gasteiger charge is 2.47. The molecule has 1 aliphatic heterocycles. The summed E-state index contributed by atoms with van der Waals surface area (Å²) >= 11 is 0. The third kappa shape index (κ3) is 7.19. The molecule has 0 saturated carbocycles. The number of rotatable bonds is 12. The van der Waals surface area contributed by atoms with Gasteiger partial charge >= 0.3 is 5.97 Å². The van der Waals surface area contributed by atoms with Crippen molar-refractivity contribution in [2.75, 3.05) is 6.61 Å². The maximum atomic E-state index is 11.4. The van der Waals surface area contributed by atoms with Gasteiger partial charge in [-0.1, -0.05) is 103 Å². The minimum absolute atomic E-state index is 0.220. The highest BCUT2D eigenvalue weighted by molar-refractivity contribution is 5.87. The summed E-state index contributed by atoms with van der Waals surface area (Å²) in [6, 6.07) is 36.7. The molecule has 4 aromatic rings. The Labute approximate surface area is 228 Å². The number of carbonyl (C=O) groups is 1. The second kappa shape index (κ2) is 13.3. The van der Waals surface area contributed by atoms with Gasteiger partial charge in [-0.2, -0.15) is 0 Å². The minimum Gasteiger partial charge on any atom is -0.478 e. The lowest BCUT2D eigenvalue weighted by atomic mass is 9.99. The molecule has 0 radical (unpaired) electrons. The van der Waals surface area contributed by atoms with Crippen LogP contribution in [0.4, 0.5) is 0 Å². The number of hydrogen-bond donors (Lipinski definition) is 1. The number of carboxylic acid groups (broad SMARTS) is 1. The maximum Gasteiger partial charge on any atom is 0.335 e. The van der Waals surface area contributed by atoms with Crippen molar-refractivity contribution in [3.8, 4) is 0 Å². The smallest absolute Gasteiger partial charge is 0.335 e. The van der Waals surface area contributed by atoms with Gasteiger partial charge in [-0.3, -0.25) is 0 Å². The molecule has 6 nitrogen and oxygen atoms in total. The Morgan fingerprint density at radius 3 is 1.64 bits per heavy atom. The van der Waals surface area contributed by atoms with Crippen LogP contribution in [0.1, 0.15) is 38.7 Å². The maximum absolute atomic E-state index is 11.4. The summed E-state index contributed by atoms with van der Waals surface area (Å²) in [7, 11) is 0. The molecule has 0 spiro atoms. The lowest BCUT2D eigenvalue weighted by Gasteiger charge is -2.25. The van der Waals surface area contributed by atoms with Gasteiger partial charge in [0.1, 0.15) is 24.4 Å². The minimum atomic E-state index is -0.970. The number of carboxylic acids is 1. The zero-order valence-corrected chi connectivity index (χ0v) is 21.6. The summed E-state index contributed by atoms with van der Waals surface area (Å²) in [6.45, 7) is 1.57. The highest BCUT2D eigenvalue weighted by Crippen LogP contribution is 2.38. The van der Waals surface area contributed by atoms with Crippen molar-refractivity contribution in [1.29, 1.82) is 0 Å². The van der Waals surface area contributed by atoms with Gasteiger partial charge in [-0.15, -0.1) is 0 Å². The van der Waals surface area contributed by atoms with Gasteiger partial charge in [-0.05, 0) is 34.4 Å². The molecule has 39 heavy (non-hydrogen) atoms. The highest BCUT2D eigenvalue weighted by atomic mass is 16.6. The SMILES string of the molecule is O=C(O)c1ccc([C@@H]2O[C@H](COCc3ccccc3)[C@@H](OCc3ccccc3)[C@H]2OCc2ccccc2)cc1. The lowest BCUT2D eigenvalue weighted by Crippen LogP contribution is -2.37. The molecule has 0 amide bonds. The van der Waals surface area contributed by atoms with Crippen molar-refractivity contribution in [2.24, 2.45) is 0 Å². The number of benzene rings is 4. The summed E-state index contributed by atoms with van der Waals surface area (Å²) in [5, 5.41) is 9.36. The third-order valence-electron chi connectivity index (χ3n) is 6.76. The number of aromatic carboxylic acids is 1. The molecule has 1 fully saturated rings. The topological polar surface area (TPSA) is 74.2 Å². The average molecular weight is 525 g/mol. The van der Waals surface area contributed by atoms with E-state index in [-0.39, 0.29) is 11.7 Å². The molecule has 1 N–H and O–H groups in total. The predicted molar refractivity (Wildman–Crippen MR) is 147 cm³/mol. The van der Waals surface area contributed by atoms with Crippen LogP contribution in [0.2, 0.25) is 0 Å². The van der Waals surface area contributed by atoms with Crippen LogP contribution in [0, 0.1) is 0 Å². The van der Waals surface area contributed by atoms with Crippen LogP contribution in [0.25, 0.3) is 0 Å². The van der Waals surface area contributed by atoms with E-state index < -0.39 is 24.3 Å². The van der Waals surface area contributed by atoms with Gasteiger partial charge < -0.3 is 24.1 Å².